The standard InChI is InChI=1S/C10H15NO3S/c1-7(15(2,13)14)10(12)8-3-5-9(11)6-4-8/h3-7,10,12H,11H2,1-2H3/t7-,10+/m1/s1. The molecule has 0 saturated carbocycles. The maximum atomic E-state index is 11.2. The summed E-state index contributed by atoms with van der Waals surface area (Å²) in [5.41, 5.74) is 6.63. The van der Waals surface area contributed by atoms with Crippen LogP contribution >= 0.6 is 0 Å². The summed E-state index contributed by atoms with van der Waals surface area (Å²) >= 11 is 0. The third-order valence-electron chi connectivity index (χ3n) is 2.40. The van der Waals surface area contributed by atoms with Crippen LogP contribution in [0.25, 0.3) is 0 Å². The normalized spacial score (nSPS) is 15.9. The minimum Gasteiger partial charge on any atom is -0.399 e. The molecule has 5 heteroatoms. The number of nitrogen functional groups attached to an aromatic ring is 1. The first-order chi connectivity index (χ1) is 6.82. The summed E-state index contributed by atoms with van der Waals surface area (Å²) in [7, 11) is -3.24. The molecule has 2 atom stereocenters. The van der Waals surface area contributed by atoms with Crippen molar-refractivity contribution in [1.82, 2.24) is 0 Å². The van der Waals surface area contributed by atoms with Crippen molar-refractivity contribution in [3.63, 3.8) is 0 Å². The van der Waals surface area contributed by atoms with Crippen LogP contribution in [0.2, 0.25) is 0 Å². The number of benzene rings is 1. The molecule has 3 N–H and O–H groups in total. The van der Waals surface area contributed by atoms with Crippen molar-refractivity contribution in [1.29, 1.82) is 0 Å². The van der Waals surface area contributed by atoms with Gasteiger partial charge in [-0.2, -0.15) is 0 Å². The zero-order valence-electron chi connectivity index (χ0n) is 8.71. The maximum absolute atomic E-state index is 11.2. The Morgan fingerprint density at radius 3 is 2.13 bits per heavy atom. The SMILES string of the molecule is C[C@H]([C@H](O)c1ccc(N)cc1)S(C)(=O)=O. The van der Waals surface area contributed by atoms with Gasteiger partial charge in [-0.15, -0.1) is 0 Å². The highest BCUT2D eigenvalue weighted by atomic mass is 32.2. The van der Waals surface area contributed by atoms with Crippen LogP contribution in [0.3, 0.4) is 0 Å². The van der Waals surface area contributed by atoms with Crippen molar-refractivity contribution in [2.24, 2.45) is 0 Å². The molecule has 4 nitrogen and oxygen atoms in total. The fourth-order valence-corrected chi connectivity index (χ4v) is 1.82. The summed E-state index contributed by atoms with van der Waals surface area (Å²) in [6.45, 7) is 1.48. The number of rotatable bonds is 3. The molecule has 0 heterocycles. The van der Waals surface area contributed by atoms with E-state index in [1.165, 1.54) is 6.92 Å². The predicted octanol–water partition coefficient (Wildman–Crippen LogP) is 0.735. The number of aliphatic hydroxyl groups is 1. The second-order valence-electron chi connectivity index (χ2n) is 3.65. The second kappa shape index (κ2) is 4.20. The lowest BCUT2D eigenvalue weighted by atomic mass is 10.1. The number of hydrogen-bond acceptors (Lipinski definition) is 4. The van der Waals surface area contributed by atoms with E-state index < -0.39 is 21.2 Å². The van der Waals surface area contributed by atoms with Gasteiger partial charge >= 0.3 is 0 Å². The van der Waals surface area contributed by atoms with Gasteiger partial charge in [0.05, 0.1) is 11.4 Å². The number of nitrogens with two attached hydrogens (primary N) is 1. The van der Waals surface area contributed by atoms with Crippen LogP contribution in [0, 0.1) is 0 Å². The van der Waals surface area contributed by atoms with Crippen molar-refractivity contribution in [3.05, 3.63) is 29.8 Å². The first-order valence-corrected chi connectivity index (χ1v) is 6.50. The predicted molar refractivity (Wildman–Crippen MR) is 60.1 cm³/mol. The minimum absolute atomic E-state index is 0.558. The summed E-state index contributed by atoms with van der Waals surface area (Å²) in [4.78, 5) is 0. The van der Waals surface area contributed by atoms with Crippen LogP contribution < -0.4 is 5.73 Å². The lowest BCUT2D eigenvalue weighted by molar-refractivity contribution is 0.176. The van der Waals surface area contributed by atoms with E-state index in [1.807, 2.05) is 0 Å². The van der Waals surface area contributed by atoms with Gasteiger partial charge in [-0.1, -0.05) is 12.1 Å². The van der Waals surface area contributed by atoms with Gasteiger partial charge in [-0.05, 0) is 24.6 Å². The highest BCUT2D eigenvalue weighted by molar-refractivity contribution is 7.91. The largest absolute Gasteiger partial charge is 0.399 e. The van der Waals surface area contributed by atoms with E-state index in [-0.39, 0.29) is 0 Å². The van der Waals surface area contributed by atoms with Crippen LogP contribution in [0.4, 0.5) is 5.69 Å². The molecule has 1 aromatic carbocycles. The fraction of sp³-hybridized carbons (Fsp3) is 0.400. The van der Waals surface area contributed by atoms with Gasteiger partial charge in [0, 0.05) is 11.9 Å². The Kier molecular flexibility index (Phi) is 3.36. The van der Waals surface area contributed by atoms with Crippen LogP contribution in [0.1, 0.15) is 18.6 Å². The third kappa shape index (κ3) is 2.94. The first kappa shape index (κ1) is 12.0. The van der Waals surface area contributed by atoms with Gasteiger partial charge < -0.3 is 10.8 Å². The molecule has 84 valence electrons. The summed E-state index contributed by atoms with van der Waals surface area (Å²) in [5, 5.41) is 8.98. The Labute approximate surface area is 89.7 Å². The highest BCUT2D eigenvalue weighted by Crippen LogP contribution is 2.22. The van der Waals surface area contributed by atoms with Gasteiger partial charge in [0.15, 0.2) is 9.84 Å². The zero-order valence-corrected chi connectivity index (χ0v) is 9.53. The Balaban J connectivity index is 2.95. The molecule has 0 bridgehead atoms. The van der Waals surface area contributed by atoms with Crippen molar-refractivity contribution >= 4 is 15.5 Å². The summed E-state index contributed by atoms with van der Waals surface area (Å²) in [5.74, 6) is 0. The molecule has 0 saturated heterocycles. The summed E-state index contributed by atoms with van der Waals surface area (Å²) in [6, 6.07) is 6.52. The average Bonchev–Trinajstić information content (AvgIpc) is 2.15. The summed E-state index contributed by atoms with van der Waals surface area (Å²) in [6.07, 6.45) is 0.0960. The minimum atomic E-state index is -3.24. The maximum Gasteiger partial charge on any atom is 0.152 e. The molecule has 15 heavy (non-hydrogen) atoms. The smallest absolute Gasteiger partial charge is 0.152 e. The third-order valence-corrected chi connectivity index (χ3v) is 4.01. The topological polar surface area (TPSA) is 80.4 Å². The van der Waals surface area contributed by atoms with Gasteiger partial charge in [0.25, 0.3) is 0 Å². The Morgan fingerprint density at radius 1 is 1.27 bits per heavy atom. The van der Waals surface area contributed by atoms with E-state index in [9.17, 15) is 13.5 Å². The van der Waals surface area contributed by atoms with E-state index in [0.717, 1.165) is 6.26 Å². The monoisotopic (exact) mass is 229 g/mol. The van der Waals surface area contributed by atoms with Crippen LogP contribution in [0.15, 0.2) is 24.3 Å². The number of sulfone groups is 1. The van der Waals surface area contributed by atoms with Crippen molar-refractivity contribution < 1.29 is 13.5 Å². The van der Waals surface area contributed by atoms with E-state index in [0.29, 0.717) is 11.3 Å². The number of anilines is 1. The van der Waals surface area contributed by atoms with Gasteiger partial charge in [-0.3, -0.25) is 0 Å². The molecular formula is C10H15NO3S. The van der Waals surface area contributed by atoms with Gasteiger partial charge in [-0.25, -0.2) is 8.42 Å². The lowest BCUT2D eigenvalue weighted by Gasteiger charge is -2.17. The van der Waals surface area contributed by atoms with E-state index in [2.05, 4.69) is 0 Å². The molecule has 1 aromatic rings. The van der Waals surface area contributed by atoms with Crippen molar-refractivity contribution in [2.45, 2.75) is 18.3 Å². The quantitative estimate of drug-likeness (QED) is 0.749. The van der Waals surface area contributed by atoms with Crippen molar-refractivity contribution in [3.8, 4) is 0 Å². The zero-order chi connectivity index (χ0) is 11.6. The molecule has 0 aromatic heterocycles. The molecule has 0 aliphatic heterocycles. The fourth-order valence-electron chi connectivity index (χ4n) is 1.20. The molecule has 0 spiro atoms. The summed E-state index contributed by atoms with van der Waals surface area (Å²) < 4.78 is 22.5. The van der Waals surface area contributed by atoms with Gasteiger partial charge in [0.2, 0.25) is 0 Å². The Bertz CT molecular complexity index is 424. The lowest BCUT2D eigenvalue weighted by Crippen LogP contribution is -2.24. The van der Waals surface area contributed by atoms with Crippen LogP contribution in [0.5, 0.6) is 0 Å². The van der Waals surface area contributed by atoms with Crippen LogP contribution in [-0.4, -0.2) is 25.0 Å². The van der Waals surface area contributed by atoms with E-state index >= 15 is 0 Å². The number of hydrogen-bond donors (Lipinski definition) is 2. The molecule has 0 aliphatic rings. The van der Waals surface area contributed by atoms with E-state index in [1.54, 1.807) is 24.3 Å². The van der Waals surface area contributed by atoms with Crippen LogP contribution in [-0.2, 0) is 9.84 Å². The van der Waals surface area contributed by atoms with E-state index in [4.69, 9.17) is 5.73 Å². The Hall–Kier alpha value is -1.07. The second-order valence-corrected chi connectivity index (χ2v) is 6.05. The van der Waals surface area contributed by atoms with Crippen molar-refractivity contribution in [2.75, 3.05) is 12.0 Å². The molecule has 0 unspecified atom stereocenters. The first-order valence-electron chi connectivity index (χ1n) is 4.54. The molecule has 0 amide bonds. The molecule has 0 radical (unpaired) electrons. The molecular weight excluding hydrogens is 214 g/mol. The highest BCUT2D eigenvalue weighted by Gasteiger charge is 2.25. The van der Waals surface area contributed by atoms with Gasteiger partial charge in [0.1, 0.15) is 0 Å². The molecule has 0 aliphatic carbocycles. The average molecular weight is 229 g/mol. The Morgan fingerprint density at radius 2 is 1.73 bits per heavy atom. The molecule has 0 fully saturated rings. The number of aliphatic hydroxyl groups excluding tert-OH is 1. The molecule has 1 rings (SSSR count).